The molecular formula is C22H38O4SSi. The maximum atomic E-state index is 12.6. The highest BCUT2D eigenvalue weighted by Gasteiger charge is 2.42. The highest BCUT2D eigenvalue weighted by molar-refractivity contribution is 7.86. The summed E-state index contributed by atoms with van der Waals surface area (Å²) in [6, 6.07) is 6.84. The first kappa shape index (κ1) is 23.6. The van der Waals surface area contributed by atoms with Crippen LogP contribution in [0, 0.1) is 12.3 Å². The standard InChI is InChI=1S/C22H38O4SSi/c1-8-22(17-25-27(23,24)20-11-9-18(2)10-12-20)15-13-19(14-16-22)26-28(6,7)21(3,4)5/h9-12,19H,8,13-17H2,1-7H3. The van der Waals surface area contributed by atoms with Gasteiger partial charge in [0.25, 0.3) is 10.1 Å². The first-order chi connectivity index (χ1) is 12.8. The monoisotopic (exact) mass is 426 g/mol. The van der Waals surface area contributed by atoms with Crippen LogP contribution in [-0.4, -0.2) is 29.4 Å². The third-order valence-electron chi connectivity index (χ3n) is 6.84. The number of benzene rings is 1. The molecule has 0 spiro atoms. The van der Waals surface area contributed by atoms with E-state index in [0.29, 0.717) is 0 Å². The van der Waals surface area contributed by atoms with Crippen LogP contribution in [0.1, 0.15) is 65.4 Å². The zero-order chi connectivity index (χ0) is 21.2. The number of rotatable bonds is 7. The predicted octanol–water partition coefficient (Wildman–Crippen LogP) is 6.06. The topological polar surface area (TPSA) is 52.6 Å². The zero-order valence-electron chi connectivity index (χ0n) is 18.7. The Bertz CT molecular complexity index is 740. The molecule has 1 aliphatic carbocycles. The summed E-state index contributed by atoms with van der Waals surface area (Å²) in [5, 5.41) is 0.206. The molecule has 0 atom stereocenters. The summed E-state index contributed by atoms with van der Waals surface area (Å²) in [6.45, 7) is 15.7. The van der Waals surface area contributed by atoms with Gasteiger partial charge in [-0.15, -0.1) is 0 Å². The van der Waals surface area contributed by atoms with Gasteiger partial charge in [-0.2, -0.15) is 8.42 Å². The van der Waals surface area contributed by atoms with Crippen LogP contribution in [0.5, 0.6) is 0 Å². The molecule has 28 heavy (non-hydrogen) atoms. The summed E-state index contributed by atoms with van der Waals surface area (Å²) in [5.41, 5.74) is 0.953. The van der Waals surface area contributed by atoms with E-state index in [1.54, 1.807) is 24.3 Å². The van der Waals surface area contributed by atoms with Gasteiger partial charge in [0.2, 0.25) is 0 Å². The van der Waals surface area contributed by atoms with E-state index >= 15 is 0 Å². The summed E-state index contributed by atoms with van der Waals surface area (Å²) >= 11 is 0. The van der Waals surface area contributed by atoms with Gasteiger partial charge in [0, 0.05) is 6.10 Å². The van der Waals surface area contributed by atoms with Crippen molar-refractivity contribution in [1.29, 1.82) is 0 Å². The average molecular weight is 427 g/mol. The molecule has 0 aliphatic heterocycles. The predicted molar refractivity (Wildman–Crippen MR) is 118 cm³/mol. The van der Waals surface area contributed by atoms with Crippen molar-refractivity contribution in [2.24, 2.45) is 5.41 Å². The molecule has 0 amide bonds. The van der Waals surface area contributed by atoms with Gasteiger partial charge in [0.1, 0.15) is 0 Å². The lowest BCUT2D eigenvalue weighted by atomic mass is 9.72. The van der Waals surface area contributed by atoms with Crippen LogP contribution in [0.15, 0.2) is 29.2 Å². The van der Waals surface area contributed by atoms with Crippen LogP contribution >= 0.6 is 0 Å². The van der Waals surface area contributed by atoms with Crippen LogP contribution < -0.4 is 0 Å². The van der Waals surface area contributed by atoms with Gasteiger partial charge in [0.15, 0.2) is 8.32 Å². The Morgan fingerprint density at radius 2 is 1.64 bits per heavy atom. The maximum Gasteiger partial charge on any atom is 0.296 e. The second kappa shape index (κ2) is 8.58. The molecule has 160 valence electrons. The average Bonchev–Trinajstić information content (AvgIpc) is 2.61. The molecule has 1 saturated carbocycles. The lowest BCUT2D eigenvalue weighted by molar-refractivity contribution is 0.0359. The van der Waals surface area contributed by atoms with Crippen LogP contribution in [0.25, 0.3) is 0 Å². The van der Waals surface area contributed by atoms with Gasteiger partial charge in [-0.1, -0.05) is 45.4 Å². The highest BCUT2D eigenvalue weighted by atomic mass is 32.2. The summed E-state index contributed by atoms with van der Waals surface area (Å²) in [4.78, 5) is 0.235. The molecule has 0 N–H and O–H groups in total. The molecule has 2 rings (SSSR count). The summed E-state index contributed by atoms with van der Waals surface area (Å²) in [5.74, 6) is 0. The van der Waals surface area contributed by atoms with Gasteiger partial charge in [-0.25, -0.2) is 0 Å². The van der Waals surface area contributed by atoms with Crippen molar-refractivity contribution in [3.63, 3.8) is 0 Å². The van der Waals surface area contributed by atoms with Crippen LogP contribution in [0.4, 0.5) is 0 Å². The van der Waals surface area contributed by atoms with Crippen LogP contribution in [0.2, 0.25) is 18.1 Å². The molecule has 0 unspecified atom stereocenters. The van der Waals surface area contributed by atoms with Gasteiger partial charge < -0.3 is 4.43 Å². The molecule has 1 fully saturated rings. The van der Waals surface area contributed by atoms with E-state index in [0.717, 1.165) is 37.7 Å². The highest BCUT2D eigenvalue weighted by Crippen LogP contribution is 2.44. The molecule has 1 aromatic rings. The molecule has 0 aromatic heterocycles. The molecule has 1 aliphatic rings. The van der Waals surface area contributed by atoms with E-state index in [9.17, 15) is 8.42 Å². The fourth-order valence-corrected chi connectivity index (χ4v) is 5.92. The van der Waals surface area contributed by atoms with Crippen molar-refractivity contribution in [3.8, 4) is 0 Å². The van der Waals surface area contributed by atoms with Crippen molar-refractivity contribution in [3.05, 3.63) is 29.8 Å². The largest absolute Gasteiger partial charge is 0.414 e. The molecule has 6 heteroatoms. The van der Waals surface area contributed by atoms with Crippen LogP contribution in [-0.2, 0) is 18.7 Å². The molecular weight excluding hydrogens is 388 g/mol. The van der Waals surface area contributed by atoms with E-state index in [1.807, 2.05) is 6.92 Å². The number of hydrogen-bond donors (Lipinski definition) is 0. The zero-order valence-corrected chi connectivity index (χ0v) is 20.5. The van der Waals surface area contributed by atoms with E-state index in [2.05, 4.69) is 40.8 Å². The van der Waals surface area contributed by atoms with E-state index in [1.165, 1.54) is 0 Å². The Labute approximate surface area is 173 Å². The van der Waals surface area contributed by atoms with Crippen molar-refractivity contribution in [2.75, 3.05) is 6.61 Å². The molecule has 0 saturated heterocycles. The minimum absolute atomic E-state index is 0.0783. The summed E-state index contributed by atoms with van der Waals surface area (Å²) in [7, 11) is -5.48. The normalized spacial score (nSPS) is 24.3. The molecule has 0 bridgehead atoms. The molecule has 4 nitrogen and oxygen atoms in total. The van der Waals surface area contributed by atoms with E-state index < -0.39 is 18.4 Å². The molecule has 0 heterocycles. The Balaban J connectivity index is 1.97. The van der Waals surface area contributed by atoms with Gasteiger partial charge >= 0.3 is 0 Å². The molecule has 1 aromatic carbocycles. The minimum Gasteiger partial charge on any atom is -0.414 e. The van der Waals surface area contributed by atoms with Crippen molar-refractivity contribution in [2.45, 2.75) is 95.9 Å². The quantitative estimate of drug-likeness (QED) is 0.393. The van der Waals surface area contributed by atoms with Crippen molar-refractivity contribution >= 4 is 18.4 Å². The summed E-state index contributed by atoms with van der Waals surface area (Å²) in [6.07, 6.45) is 5.07. The van der Waals surface area contributed by atoms with Gasteiger partial charge in [0.05, 0.1) is 11.5 Å². The fourth-order valence-electron chi connectivity index (χ4n) is 3.49. The third kappa shape index (κ3) is 5.68. The van der Waals surface area contributed by atoms with Gasteiger partial charge in [-0.05, 0) is 74.7 Å². The fraction of sp³-hybridized carbons (Fsp3) is 0.727. The number of hydrogen-bond acceptors (Lipinski definition) is 4. The Hall–Kier alpha value is -0.693. The second-order valence-corrected chi connectivity index (χ2v) is 16.3. The summed E-state index contributed by atoms with van der Waals surface area (Å²) < 4.78 is 37.2. The Morgan fingerprint density at radius 1 is 1.11 bits per heavy atom. The van der Waals surface area contributed by atoms with Crippen molar-refractivity contribution < 1.29 is 17.0 Å². The molecule has 0 radical (unpaired) electrons. The maximum absolute atomic E-state index is 12.6. The Kier molecular flexibility index (Phi) is 7.23. The smallest absolute Gasteiger partial charge is 0.296 e. The SMILES string of the molecule is CCC1(COS(=O)(=O)c2ccc(C)cc2)CCC(O[Si](C)(C)C(C)(C)C)CC1. The van der Waals surface area contributed by atoms with E-state index in [4.69, 9.17) is 8.61 Å². The minimum atomic E-state index is -3.71. The first-order valence-electron chi connectivity index (χ1n) is 10.4. The Morgan fingerprint density at radius 3 is 2.11 bits per heavy atom. The lowest BCUT2D eigenvalue weighted by Gasteiger charge is -2.44. The van der Waals surface area contributed by atoms with Crippen molar-refractivity contribution in [1.82, 2.24) is 0 Å². The van der Waals surface area contributed by atoms with E-state index in [-0.39, 0.29) is 28.1 Å². The number of aryl methyl sites for hydroxylation is 1. The second-order valence-electron chi connectivity index (χ2n) is 9.96. The third-order valence-corrected chi connectivity index (χ3v) is 12.7. The first-order valence-corrected chi connectivity index (χ1v) is 14.8. The van der Waals surface area contributed by atoms with Gasteiger partial charge in [-0.3, -0.25) is 4.18 Å². The van der Waals surface area contributed by atoms with Crippen LogP contribution in [0.3, 0.4) is 0 Å². The lowest BCUT2D eigenvalue weighted by Crippen LogP contribution is -2.46.